The summed E-state index contributed by atoms with van der Waals surface area (Å²) in [5.41, 5.74) is 0.769. The van der Waals surface area contributed by atoms with Crippen LogP contribution in [0.1, 0.15) is 32.3 Å². The molecule has 1 rings (SSSR count). The van der Waals surface area contributed by atoms with E-state index in [-0.39, 0.29) is 32.0 Å². The fourth-order valence-corrected chi connectivity index (χ4v) is 1.55. The maximum atomic E-state index is 11.6. The van der Waals surface area contributed by atoms with Crippen LogP contribution < -0.4 is 0 Å². The van der Waals surface area contributed by atoms with Gasteiger partial charge in [0.2, 0.25) is 5.78 Å². The Hall–Kier alpha value is -2.50. The lowest BCUT2D eigenvalue weighted by Crippen LogP contribution is -2.21. The highest BCUT2D eigenvalue weighted by molar-refractivity contribution is 6.33. The van der Waals surface area contributed by atoms with Gasteiger partial charge in [0.15, 0.2) is 5.78 Å². The first-order valence-corrected chi connectivity index (χ1v) is 7.32. The maximum absolute atomic E-state index is 11.6. The highest BCUT2D eigenvalue weighted by Crippen LogP contribution is 2.03. The van der Waals surface area contributed by atoms with Crippen molar-refractivity contribution >= 4 is 23.5 Å². The monoisotopic (exact) mass is 320 g/mol. The minimum atomic E-state index is -0.971. The summed E-state index contributed by atoms with van der Waals surface area (Å²) in [6.45, 7) is 2.92. The van der Waals surface area contributed by atoms with Crippen LogP contribution in [0.15, 0.2) is 30.3 Å². The Bertz CT molecular complexity index is 562. The van der Waals surface area contributed by atoms with Gasteiger partial charge in [0.05, 0.1) is 5.92 Å². The van der Waals surface area contributed by atoms with Gasteiger partial charge in [-0.15, -0.1) is 0 Å². The molecular weight excluding hydrogens is 300 g/mol. The van der Waals surface area contributed by atoms with Crippen molar-refractivity contribution in [3.05, 3.63) is 35.9 Å². The molecule has 0 aliphatic heterocycles. The molecule has 0 N–H and O–H groups in total. The van der Waals surface area contributed by atoms with Gasteiger partial charge in [-0.05, 0) is 5.56 Å². The van der Waals surface area contributed by atoms with Gasteiger partial charge in [-0.25, -0.2) is 4.79 Å². The molecule has 0 spiro atoms. The topological polar surface area (TPSA) is 86.7 Å². The van der Waals surface area contributed by atoms with Crippen LogP contribution in [0.4, 0.5) is 0 Å². The van der Waals surface area contributed by atoms with Crippen molar-refractivity contribution in [3.8, 4) is 0 Å². The highest BCUT2D eigenvalue weighted by Gasteiger charge is 2.18. The second kappa shape index (κ2) is 9.50. The highest BCUT2D eigenvalue weighted by atomic mass is 16.5. The maximum Gasteiger partial charge on any atom is 0.374 e. The van der Waals surface area contributed by atoms with Crippen molar-refractivity contribution < 1.29 is 28.7 Å². The van der Waals surface area contributed by atoms with Crippen LogP contribution in [0.25, 0.3) is 0 Å². The molecule has 0 fully saturated rings. The zero-order valence-electron chi connectivity index (χ0n) is 13.2. The van der Waals surface area contributed by atoms with E-state index in [9.17, 15) is 19.2 Å². The van der Waals surface area contributed by atoms with Crippen LogP contribution in [0, 0.1) is 5.92 Å². The lowest BCUT2D eigenvalue weighted by atomic mass is 10.1. The molecule has 0 saturated heterocycles. The van der Waals surface area contributed by atoms with Gasteiger partial charge >= 0.3 is 11.9 Å². The van der Waals surface area contributed by atoms with E-state index in [2.05, 4.69) is 0 Å². The van der Waals surface area contributed by atoms with Crippen LogP contribution in [-0.4, -0.2) is 30.1 Å². The first kappa shape index (κ1) is 18.5. The molecule has 0 radical (unpaired) electrons. The number of carbonyl (C=O) groups excluding carboxylic acids is 4. The van der Waals surface area contributed by atoms with E-state index in [1.807, 2.05) is 6.07 Å². The molecule has 0 amide bonds. The number of Topliss-reactive ketones (excluding diaryl/α,β-unsaturated/α-hetero) is 2. The lowest BCUT2D eigenvalue weighted by molar-refractivity contribution is -0.155. The number of hydrogen-bond acceptors (Lipinski definition) is 6. The molecule has 6 nitrogen and oxygen atoms in total. The van der Waals surface area contributed by atoms with Crippen LogP contribution in [0.5, 0.6) is 0 Å². The molecule has 0 unspecified atom stereocenters. The molecule has 6 heteroatoms. The molecule has 0 aliphatic rings. The van der Waals surface area contributed by atoms with Gasteiger partial charge < -0.3 is 9.47 Å². The van der Waals surface area contributed by atoms with Crippen molar-refractivity contribution in [2.45, 2.75) is 33.3 Å². The Morgan fingerprint density at radius 1 is 0.957 bits per heavy atom. The first-order valence-electron chi connectivity index (χ1n) is 7.32. The molecular formula is C17H20O6. The Balaban J connectivity index is 2.26. The van der Waals surface area contributed by atoms with E-state index < -0.39 is 23.5 Å². The molecule has 0 aliphatic carbocycles. The number of benzene rings is 1. The minimum Gasteiger partial charge on any atom is -0.457 e. The van der Waals surface area contributed by atoms with Crippen molar-refractivity contribution in [1.82, 2.24) is 0 Å². The smallest absolute Gasteiger partial charge is 0.374 e. The van der Waals surface area contributed by atoms with Gasteiger partial charge in [-0.2, -0.15) is 0 Å². The molecule has 0 heterocycles. The van der Waals surface area contributed by atoms with Gasteiger partial charge in [-0.1, -0.05) is 44.2 Å². The molecule has 124 valence electrons. The van der Waals surface area contributed by atoms with Gasteiger partial charge in [0, 0.05) is 12.8 Å². The third-order valence-corrected chi connectivity index (χ3v) is 2.92. The Labute approximate surface area is 134 Å². The summed E-state index contributed by atoms with van der Waals surface area (Å²) in [7, 11) is 0. The summed E-state index contributed by atoms with van der Waals surface area (Å²) in [6.07, 6.45) is -0.420. The quantitative estimate of drug-likeness (QED) is 0.510. The standard InChI is InChI=1S/C17H20O6/c1-12(2)16(20)23-11-14(18)8-9-15(19)17(21)22-10-13-6-4-3-5-7-13/h3-7,12H,8-11H2,1-2H3. The van der Waals surface area contributed by atoms with Gasteiger partial charge in [0.1, 0.15) is 13.2 Å². The normalized spacial score (nSPS) is 10.2. The molecule has 0 atom stereocenters. The first-order chi connectivity index (χ1) is 10.9. The summed E-state index contributed by atoms with van der Waals surface area (Å²) >= 11 is 0. The van der Waals surface area contributed by atoms with Crippen LogP contribution in [0.3, 0.4) is 0 Å². The zero-order valence-corrected chi connectivity index (χ0v) is 13.2. The van der Waals surface area contributed by atoms with E-state index in [0.717, 1.165) is 5.56 Å². The molecule has 1 aromatic carbocycles. The molecule has 23 heavy (non-hydrogen) atoms. The second-order valence-electron chi connectivity index (χ2n) is 5.29. The number of ketones is 2. The predicted octanol–water partition coefficient (Wildman–Crippen LogP) is 1.85. The summed E-state index contributed by atoms with van der Waals surface area (Å²) in [5, 5.41) is 0. The number of ether oxygens (including phenoxy) is 2. The summed E-state index contributed by atoms with van der Waals surface area (Å²) in [4.78, 5) is 45.8. The SMILES string of the molecule is CC(C)C(=O)OCC(=O)CCC(=O)C(=O)OCc1ccccc1. The van der Waals surface area contributed by atoms with Gasteiger partial charge in [0.25, 0.3) is 0 Å². The van der Waals surface area contributed by atoms with E-state index in [0.29, 0.717) is 0 Å². The van der Waals surface area contributed by atoms with Crippen molar-refractivity contribution in [2.24, 2.45) is 5.92 Å². The summed E-state index contributed by atoms with van der Waals surface area (Å²) < 4.78 is 9.61. The Kier molecular flexibility index (Phi) is 7.66. The number of rotatable bonds is 9. The zero-order chi connectivity index (χ0) is 17.2. The predicted molar refractivity (Wildman–Crippen MR) is 81.3 cm³/mol. The third-order valence-electron chi connectivity index (χ3n) is 2.92. The molecule has 0 aromatic heterocycles. The minimum absolute atomic E-state index is 0.00532. The molecule has 1 aromatic rings. The molecule has 0 saturated carbocycles. The third kappa shape index (κ3) is 7.35. The van der Waals surface area contributed by atoms with Crippen LogP contribution in [0.2, 0.25) is 0 Å². The number of carbonyl (C=O) groups is 4. The number of hydrogen-bond donors (Lipinski definition) is 0. The van der Waals surface area contributed by atoms with Crippen molar-refractivity contribution in [3.63, 3.8) is 0 Å². The summed E-state index contributed by atoms with van der Waals surface area (Å²) in [5.74, 6) is -2.96. The Morgan fingerprint density at radius 3 is 2.22 bits per heavy atom. The second-order valence-corrected chi connectivity index (χ2v) is 5.29. The fourth-order valence-electron chi connectivity index (χ4n) is 1.55. The van der Waals surface area contributed by atoms with E-state index in [4.69, 9.17) is 9.47 Å². The van der Waals surface area contributed by atoms with Crippen molar-refractivity contribution in [2.75, 3.05) is 6.61 Å². The van der Waals surface area contributed by atoms with E-state index in [1.54, 1.807) is 38.1 Å². The van der Waals surface area contributed by atoms with Gasteiger partial charge in [-0.3, -0.25) is 14.4 Å². The van der Waals surface area contributed by atoms with E-state index in [1.165, 1.54) is 0 Å². The Morgan fingerprint density at radius 2 is 1.61 bits per heavy atom. The lowest BCUT2D eigenvalue weighted by Gasteiger charge is -2.06. The fraction of sp³-hybridized carbons (Fsp3) is 0.412. The van der Waals surface area contributed by atoms with E-state index >= 15 is 0 Å². The molecule has 0 bridgehead atoms. The summed E-state index contributed by atoms with van der Waals surface area (Å²) in [6, 6.07) is 8.95. The average Bonchev–Trinajstić information content (AvgIpc) is 2.55. The van der Waals surface area contributed by atoms with Crippen molar-refractivity contribution in [1.29, 1.82) is 0 Å². The average molecular weight is 320 g/mol. The largest absolute Gasteiger partial charge is 0.457 e. The van der Waals surface area contributed by atoms with Crippen LogP contribution in [-0.2, 0) is 35.3 Å². The van der Waals surface area contributed by atoms with Crippen LogP contribution >= 0.6 is 0 Å². The number of esters is 2.